The highest BCUT2D eigenvalue weighted by Gasteiger charge is 2.31. The minimum Gasteiger partial charge on any atom is -0.166 e. The Labute approximate surface area is 137 Å². The first-order chi connectivity index (χ1) is 8.79. The molecule has 2 rings (SSSR count). The van der Waals surface area contributed by atoms with Crippen LogP contribution in [0.5, 0.6) is 0 Å². The van der Waals surface area contributed by atoms with Gasteiger partial charge >= 0.3 is 6.18 Å². The Hall–Kier alpha value is 0.150. The monoisotopic (exact) mass is 476 g/mol. The highest BCUT2D eigenvalue weighted by atomic mass is 79.9. The smallest absolute Gasteiger partial charge is 0.166 e. The molecule has 0 N–H and O–H groups in total. The Morgan fingerprint density at radius 1 is 1.05 bits per heavy atom. The average Bonchev–Trinajstić information content (AvgIpc) is 2.74. The molecule has 0 radical (unpaired) electrons. The van der Waals surface area contributed by atoms with Gasteiger partial charge in [0.05, 0.1) is 14.2 Å². The summed E-state index contributed by atoms with van der Waals surface area (Å²) in [6.07, 6.45) is -4.34. The fourth-order valence-corrected chi connectivity index (χ4v) is 4.55. The molecular weight excluding hydrogens is 473 g/mol. The van der Waals surface area contributed by atoms with E-state index in [1.165, 1.54) is 17.4 Å². The summed E-state index contributed by atoms with van der Waals surface area (Å²) in [6.45, 7) is 0. The standard InChI is InChI=1S/C12H6Br3F3S/c13-8-2-1-6(12(16,17)18)5-7(8)11(15)9-3-4-10(14)19-9/h1-5,11H. The SMILES string of the molecule is FC(F)(F)c1ccc(Br)c(C(Br)c2ccc(Br)s2)c1. The van der Waals surface area contributed by atoms with Gasteiger partial charge in [0, 0.05) is 9.35 Å². The number of thiophene rings is 1. The molecule has 2 aromatic rings. The maximum atomic E-state index is 12.7. The molecule has 0 nitrogen and oxygen atoms in total. The first-order valence-corrected chi connectivity index (χ1v) is 8.37. The normalized spacial score (nSPS) is 13.6. The molecular formula is C12H6Br3F3S. The summed E-state index contributed by atoms with van der Waals surface area (Å²) >= 11 is 11.6. The van der Waals surface area contributed by atoms with E-state index < -0.39 is 11.7 Å². The predicted octanol–water partition coefficient (Wildman–Crippen LogP) is 6.78. The zero-order valence-electron chi connectivity index (χ0n) is 9.14. The van der Waals surface area contributed by atoms with Gasteiger partial charge < -0.3 is 0 Å². The van der Waals surface area contributed by atoms with E-state index >= 15 is 0 Å². The molecule has 7 heteroatoms. The first kappa shape index (κ1) is 15.5. The minimum absolute atomic E-state index is 0.277. The quantitative estimate of drug-likeness (QED) is 0.417. The van der Waals surface area contributed by atoms with E-state index in [0.29, 0.717) is 10.0 Å². The Kier molecular flexibility index (Phi) is 4.80. The molecule has 0 aliphatic rings. The van der Waals surface area contributed by atoms with E-state index in [1.807, 2.05) is 12.1 Å². The van der Waals surface area contributed by atoms with Gasteiger partial charge in [0.2, 0.25) is 0 Å². The van der Waals surface area contributed by atoms with Crippen LogP contribution in [-0.4, -0.2) is 0 Å². The number of hydrogen-bond acceptors (Lipinski definition) is 1. The lowest BCUT2D eigenvalue weighted by Crippen LogP contribution is -2.06. The molecule has 1 heterocycles. The van der Waals surface area contributed by atoms with Crippen molar-refractivity contribution in [1.82, 2.24) is 0 Å². The topological polar surface area (TPSA) is 0 Å². The van der Waals surface area contributed by atoms with Crippen LogP contribution in [-0.2, 0) is 6.18 Å². The van der Waals surface area contributed by atoms with Crippen molar-refractivity contribution >= 4 is 59.1 Å². The summed E-state index contributed by atoms with van der Waals surface area (Å²) in [6, 6.07) is 7.40. The number of alkyl halides is 4. The summed E-state index contributed by atoms with van der Waals surface area (Å²) in [4.78, 5) is 0.660. The maximum Gasteiger partial charge on any atom is 0.416 e. The Morgan fingerprint density at radius 2 is 1.74 bits per heavy atom. The second kappa shape index (κ2) is 5.87. The second-order valence-corrected chi connectivity index (χ2v) is 8.00. The Balaban J connectivity index is 2.44. The Bertz CT molecular complexity index is 592. The number of halogens is 6. The van der Waals surface area contributed by atoms with Crippen LogP contribution < -0.4 is 0 Å². The molecule has 1 aromatic carbocycles. The predicted molar refractivity (Wildman–Crippen MR) is 81.9 cm³/mol. The molecule has 0 saturated heterocycles. The van der Waals surface area contributed by atoms with Gasteiger partial charge in [0.25, 0.3) is 0 Å². The van der Waals surface area contributed by atoms with Gasteiger partial charge in [-0.15, -0.1) is 11.3 Å². The van der Waals surface area contributed by atoms with E-state index in [0.717, 1.165) is 20.8 Å². The minimum atomic E-state index is -4.34. The molecule has 1 unspecified atom stereocenters. The van der Waals surface area contributed by atoms with E-state index in [9.17, 15) is 13.2 Å². The van der Waals surface area contributed by atoms with Gasteiger partial charge in [-0.3, -0.25) is 0 Å². The van der Waals surface area contributed by atoms with Crippen molar-refractivity contribution in [2.45, 2.75) is 11.0 Å². The van der Waals surface area contributed by atoms with Gasteiger partial charge in [-0.05, 0) is 51.8 Å². The molecule has 0 spiro atoms. The first-order valence-electron chi connectivity index (χ1n) is 5.05. The number of rotatable bonds is 2. The molecule has 102 valence electrons. The zero-order valence-corrected chi connectivity index (χ0v) is 14.7. The lowest BCUT2D eigenvalue weighted by atomic mass is 10.1. The average molecular weight is 479 g/mol. The van der Waals surface area contributed by atoms with Crippen molar-refractivity contribution < 1.29 is 13.2 Å². The van der Waals surface area contributed by atoms with Gasteiger partial charge in [-0.2, -0.15) is 13.2 Å². The molecule has 0 aliphatic heterocycles. The molecule has 1 atom stereocenters. The summed E-state index contributed by atoms with van der Waals surface area (Å²) in [7, 11) is 0. The number of hydrogen-bond donors (Lipinski definition) is 0. The lowest BCUT2D eigenvalue weighted by molar-refractivity contribution is -0.137. The molecule has 0 bridgehead atoms. The van der Waals surface area contributed by atoms with Crippen molar-refractivity contribution in [3.05, 3.63) is 54.6 Å². The summed E-state index contributed by atoms with van der Waals surface area (Å²) in [5, 5.41) is 0. The van der Waals surface area contributed by atoms with Crippen molar-refractivity contribution in [3.63, 3.8) is 0 Å². The second-order valence-electron chi connectivity index (χ2n) is 3.74. The van der Waals surface area contributed by atoms with Crippen LogP contribution in [0.3, 0.4) is 0 Å². The van der Waals surface area contributed by atoms with E-state index in [4.69, 9.17) is 0 Å². The third kappa shape index (κ3) is 3.62. The van der Waals surface area contributed by atoms with Gasteiger partial charge in [0.1, 0.15) is 0 Å². The maximum absolute atomic E-state index is 12.7. The van der Waals surface area contributed by atoms with E-state index in [1.54, 1.807) is 0 Å². The highest BCUT2D eigenvalue weighted by molar-refractivity contribution is 9.11. The van der Waals surface area contributed by atoms with Crippen LogP contribution >= 0.6 is 59.1 Å². The molecule has 1 aromatic heterocycles. The van der Waals surface area contributed by atoms with Gasteiger partial charge in [0.15, 0.2) is 0 Å². The van der Waals surface area contributed by atoms with Crippen LogP contribution in [0.2, 0.25) is 0 Å². The summed E-state index contributed by atoms with van der Waals surface area (Å²) in [5.41, 5.74) is -0.0880. The van der Waals surface area contributed by atoms with Crippen molar-refractivity contribution in [2.24, 2.45) is 0 Å². The lowest BCUT2D eigenvalue weighted by Gasteiger charge is -2.14. The fourth-order valence-electron chi connectivity index (χ4n) is 1.53. The van der Waals surface area contributed by atoms with Crippen LogP contribution in [0.4, 0.5) is 13.2 Å². The highest BCUT2D eigenvalue weighted by Crippen LogP contribution is 2.42. The van der Waals surface area contributed by atoms with Crippen molar-refractivity contribution in [2.75, 3.05) is 0 Å². The molecule has 0 amide bonds. The molecule has 0 fully saturated rings. The van der Waals surface area contributed by atoms with Crippen molar-refractivity contribution in [1.29, 1.82) is 0 Å². The summed E-state index contributed by atoms with van der Waals surface area (Å²) < 4.78 is 39.8. The third-order valence-corrected chi connectivity index (χ3v) is 6.14. The van der Waals surface area contributed by atoms with Crippen LogP contribution in [0.25, 0.3) is 0 Å². The van der Waals surface area contributed by atoms with Crippen LogP contribution in [0, 0.1) is 0 Å². The van der Waals surface area contributed by atoms with Gasteiger partial charge in [-0.25, -0.2) is 0 Å². The largest absolute Gasteiger partial charge is 0.416 e. The molecule has 19 heavy (non-hydrogen) atoms. The van der Waals surface area contributed by atoms with Crippen LogP contribution in [0.1, 0.15) is 20.8 Å². The zero-order chi connectivity index (χ0) is 14.2. The third-order valence-electron chi connectivity index (χ3n) is 2.44. The fraction of sp³-hybridized carbons (Fsp3) is 0.167. The molecule has 0 aliphatic carbocycles. The number of benzene rings is 1. The van der Waals surface area contributed by atoms with E-state index in [2.05, 4.69) is 47.8 Å². The van der Waals surface area contributed by atoms with Crippen LogP contribution in [0.15, 0.2) is 38.6 Å². The Morgan fingerprint density at radius 3 is 2.26 bits per heavy atom. The van der Waals surface area contributed by atoms with Crippen molar-refractivity contribution in [3.8, 4) is 0 Å². The summed E-state index contributed by atoms with van der Waals surface area (Å²) in [5.74, 6) is 0. The van der Waals surface area contributed by atoms with E-state index in [-0.39, 0.29) is 4.83 Å². The molecule has 0 saturated carbocycles. The van der Waals surface area contributed by atoms with Gasteiger partial charge in [-0.1, -0.05) is 31.9 Å².